The fraction of sp³-hybridized carbons (Fsp3) is 0.818. The van der Waals surface area contributed by atoms with Crippen molar-refractivity contribution in [3.8, 4) is 0 Å². The molecule has 0 radical (unpaired) electrons. The van der Waals surface area contributed by atoms with E-state index >= 15 is 0 Å². The Kier molecular flexibility index (Phi) is 6.36. The lowest BCUT2D eigenvalue weighted by atomic mass is 10.1. The average molecular weight is 260 g/mol. The zero-order valence-corrected chi connectivity index (χ0v) is 11.2. The number of likely N-dealkylation sites (tertiary alicyclic amines) is 1. The van der Waals surface area contributed by atoms with Gasteiger partial charge in [-0.1, -0.05) is 0 Å². The second-order valence-electron chi connectivity index (χ2n) is 4.14. The number of thioether (sulfide) groups is 1. The Morgan fingerprint density at radius 1 is 1.65 bits per heavy atom. The molecule has 0 aliphatic carbocycles. The zero-order chi connectivity index (χ0) is 12.7. The molecule has 0 aromatic carbocycles. The molecule has 1 saturated heterocycles. The molecule has 1 aliphatic heterocycles. The molecule has 1 aliphatic rings. The lowest BCUT2D eigenvalue weighted by molar-refractivity contribution is -0.128. The highest BCUT2D eigenvalue weighted by Crippen LogP contribution is 2.16. The molecule has 2 amide bonds. The van der Waals surface area contributed by atoms with Crippen molar-refractivity contribution in [1.82, 2.24) is 10.2 Å². The number of rotatable bonds is 7. The molecule has 1 rings (SSSR count). The number of carbonyl (C=O) groups excluding carboxylic acids is 2. The van der Waals surface area contributed by atoms with Crippen molar-refractivity contribution in [3.63, 3.8) is 0 Å². The molecular weight excluding hydrogens is 240 g/mol. The lowest BCUT2D eigenvalue weighted by Crippen LogP contribution is -2.33. The van der Waals surface area contributed by atoms with Crippen LogP contribution in [0.1, 0.15) is 6.42 Å². The first-order valence-electron chi connectivity index (χ1n) is 5.69. The van der Waals surface area contributed by atoms with Crippen LogP contribution in [0.5, 0.6) is 0 Å². The molecule has 0 bridgehead atoms. The number of amides is 2. The molecule has 0 unspecified atom stereocenters. The first-order chi connectivity index (χ1) is 8.17. The van der Waals surface area contributed by atoms with E-state index in [1.54, 1.807) is 12.0 Å². The topological polar surface area (TPSA) is 58.6 Å². The largest absolute Gasteiger partial charge is 0.383 e. The summed E-state index contributed by atoms with van der Waals surface area (Å²) in [6, 6.07) is 0. The third kappa shape index (κ3) is 4.95. The number of nitrogens with zero attached hydrogens (tertiary/aromatic N) is 1. The minimum Gasteiger partial charge on any atom is -0.383 e. The maximum absolute atomic E-state index is 11.6. The van der Waals surface area contributed by atoms with Crippen LogP contribution in [0, 0.1) is 5.92 Å². The highest BCUT2D eigenvalue weighted by molar-refractivity contribution is 7.99. The van der Waals surface area contributed by atoms with Crippen LogP contribution >= 0.6 is 11.8 Å². The molecule has 0 spiro atoms. The number of methoxy groups -OCH3 is 1. The molecule has 17 heavy (non-hydrogen) atoms. The van der Waals surface area contributed by atoms with Gasteiger partial charge < -0.3 is 15.0 Å². The van der Waals surface area contributed by atoms with Crippen molar-refractivity contribution in [2.45, 2.75) is 6.42 Å². The molecule has 1 heterocycles. The Morgan fingerprint density at radius 3 is 3.06 bits per heavy atom. The van der Waals surface area contributed by atoms with Crippen LogP contribution in [-0.4, -0.2) is 62.1 Å². The van der Waals surface area contributed by atoms with Crippen molar-refractivity contribution in [2.24, 2.45) is 5.92 Å². The number of ether oxygens (including phenoxy) is 1. The SMILES string of the molecule is COCCN1C[C@H](CNC(=O)CSC)CC1=O. The van der Waals surface area contributed by atoms with Gasteiger partial charge in [0.2, 0.25) is 11.8 Å². The fourth-order valence-electron chi connectivity index (χ4n) is 1.85. The van der Waals surface area contributed by atoms with Crippen LogP contribution in [-0.2, 0) is 14.3 Å². The molecule has 1 N–H and O–H groups in total. The smallest absolute Gasteiger partial charge is 0.229 e. The molecule has 0 aromatic rings. The number of nitrogens with one attached hydrogen (secondary N) is 1. The first-order valence-corrected chi connectivity index (χ1v) is 7.09. The van der Waals surface area contributed by atoms with Gasteiger partial charge in [0.25, 0.3) is 0 Å². The second kappa shape index (κ2) is 7.55. The molecule has 0 saturated carbocycles. The van der Waals surface area contributed by atoms with Crippen LogP contribution in [0.25, 0.3) is 0 Å². The maximum Gasteiger partial charge on any atom is 0.229 e. The van der Waals surface area contributed by atoms with Crippen LogP contribution in [0.4, 0.5) is 0 Å². The minimum absolute atomic E-state index is 0.0419. The Balaban J connectivity index is 2.24. The monoisotopic (exact) mass is 260 g/mol. The standard InChI is InChI=1S/C11H20N2O3S/c1-16-4-3-13-7-9(5-11(13)15)6-12-10(14)8-17-2/h9H,3-8H2,1-2H3,(H,12,14)/t9-/m0/s1. The summed E-state index contributed by atoms with van der Waals surface area (Å²) in [6.07, 6.45) is 2.43. The summed E-state index contributed by atoms with van der Waals surface area (Å²) >= 11 is 1.50. The maximum atomic E-state index is 11.6. The summed E-state index contributed by atoms with van der Waals surface area (Å²) in [4.78, 5) is 24.7. The van der Waals surface area contributed by atoms with Gasteiger partial charge in [0, 0.05) is 39.1 Å². The van der Waals surface area contributed by atoms with Crippen molar-refractivity contribution in [3.05, 3.63) is 0 Å². The lowest BCUT2D eigenvalue weighted by Gasteiger charge is -2.16. The van der Waals surface area contributed by atoms with Gasteiger partial charge in [-0.3, -0.25) is 9.59 Å². The fourth-order valence-corrected chi connectivity index (χ4v) is 2.21. The summed E-state index contributed by atoms with van der Waals surface area (Å²) < 4.78 is 4.95. The summed E-state index contributed by atoms with van der Waals surface area (Å²) in [5.41, 5.74) is 0. The summed E-state index contributed by atoms with van der Waals surface area (Å²) in [6.45, 7) is 2.53. The highest BCUT2D eigenvalue weighted by Gasteiger charge is 2.29. The van der Waals surface area contributed by atoms with E-state index in [4.69, 9.17) is 4.74 Å². The van der Waals surface area contributed by atoms with E-state index < -0.39 is 0 Å². The minimum atomic E-state index is 0.0419. The summed E-state index contributed by atoms with van der Waals surface area (Å²) in [5.74, 6) is 0.922. The molecular formula is C11H20N2O3S. The van der Waals surface area contributed by atoms with Crippen molar-refractivity contribution in [2.75, 3.05) is 45.4 Å². The predicted octanol–water partition coefficient (Wildman–Crippen LogP) is -0.0395. The van der Waals surface area contributed by atoms with E-state index in [1.807, 2.05) is 6.26 Å². The summed E-state index contributed by atoms with van der Waals surface area (Å²) in [7, 11) is 1.63. The molecule has 0 aromatic heterocycles. The zero-order valence-electron chi connectivity index (χ0n) is 10.4. The van der Waals surface area contributed by atoms with Crippen LogP contribution in [0.3, 0.4) is 0 Å². The predicted molar refractivity (Wildman–Crippen MR) is 68.0 cm³/mol. The van der Waals surface area contributed by atoms with Crippen LogP contribution in [0.2, 0.25) is 0 Å². The van der Waals surface area contributed by atoms with E-state index in [2.05, 4.69) is 5.32 Å². The summed E-state index contributed by atoms with van der Waals surface area (Å²) in [5, 5.41) is 2.85. The van der Waals surface area contributed by atoms with Gasteiger partial charge in [-0.25, -0.2) is 0 Å². The molecule has 1 atom stereocenters. The van der Waals surface area contributed by atoms with Crippen molar-refractivity contribution >= 4 is 23.6 Å². The van der Waals surface area contributed by atoms with E-state index in [-0.39, 0.29) is 17.7 Å². The first kappa shape index (κ1) is 14.3. The molecule has 98 valence electrons. The Morgan fingerprint density at radius 2 is 2.41 bits per heavy atom. The van der Waals surface area contributed by atoms with E-state index in [1.165, 1.54) is 11.8 Å². The Hall–Kier alpha value is -0.750. The highest BCUT2D eigenvalue weighted by atomic mass is 32.2. The average Bonchev–Trinajstić information content (AvgIpc) is 2.65. The number of hydrogen-bond donors (Lipinski definition) is 1. The quantitative estimate of drug-likeness (QED) is 0.698. The Labute approximate surface area is 106 Å². The van der Waals surface area contributed by atoms with Gasteiger partial charge in [0.1, 0.15) is 0 Å². The second-order valence-corrected chi connectivity index (χ2v) is 5.01. The molecule has 1 fully saturated rings. The van der Waals surface area contributed by atoms with E-state index in [0.29, 0.717) is 31.9 Å². The number of carbonyl (C=O) groups is 2. The van der Waals surface area contributed by atoms with Crippen LogP contribution < -0.4 is 5.32 Å². The molecule has 5 nitrogen and oxygen atoms in total. The van der Waals surface area contributed by atoms with E-state index in [0.717, 1.165) is 6.54 Å². The molecule has 6 heteroatoms. The van der Waals surface area contributed by atoms with E-state index in [9.17, 15) is 9.59 Å². The third-order valence-electron chi connectivity index (χ3n) is 2.72. The van der Waals surface area contributed by atoms with Crippen LogP contribution in [0.15, 0.2) is 0 Å². The van der Waals surface area contributed by atoms with Crippen molar-refractivity contribution < 1.29 is 14.3 Å². The van der Waals surface area contributed by atoms with Gasteiger partial charge in [-0.2, -0.15) is 11.8 Å². The van der Waals surface area contributed by atoms with Gasteiger partial charge in [-0.15, -0.1) is 0 Å². The third-order valence-corrected chi connectivity index (χ3v) is 3.27. The normalized spacial score (nSPS) is 19.8. The van der Waals surface area contributed by atoms with Gasteiger partial charge in [-0.05, 0) is 6.26 Å². The van der Waals surface area contributed by atoms with Crippen molar-refractivity contribution in [1.29, 1.82) is 0 Å². The van der Waals surface area contributed by atoms with Gasteiger partial charge >= 0.3 is 0 Å². The van der Waals surface area contributed by atoms with Gasteiger partial charge in [0.15, 0.2) is 0 Å². The number of hydrogen-bond acceptors (Lipinski definition) is 4. The van der Waals surface area contributed by atoms with Gasteiger partial charge in [0.05, 0.1) is 12.4 Å². The Bertz CT molecular complexity index is 273.